The van der Waals surface area contributed by atoms with E-state index in [-0.39, 0.29) is 16.9 Å². The van der Waals surface area contributed by atoms with Gasteiger partial charge in [-0.15, -0.1) is 0 Å². The molecule has 0 spiro atoms. The van der Waals surface area contributed by atoms with Crippen LogP contribution in [0.25, 0.3) is 11.8 Å². The zero-order chi connectivity index (χ0) is 14.8. The highest BCUT2D eigenvalue weighted by molar-refractivity contribution is 5.76. The van der Waals surface area contributed by atoms with Crippen LogP contribution >= 0.6 is 0 Å². The summed E-state index contributed by atoms with van der Waals surface area (Å²) in [6.45, 7) is 6.48. The van der Waals surface area contributed by atoms with Gasteiger partial charge in [0, 0.05) is 5.56 Å². The third-order valence-electron chi connectivity index (χ3n) is 3.24. The number of aliphatic hydroxyl groups is 1. The van der Waals surface area contributed by atoms with E-state index in [1.54, 1.807) is 30.3 Å². The van der Waals surface area contributed by atoms with E-state index in [1.807, 2.05) is 24.3 Å². The Morgan fingerprint density at radius 3 is 1.95 bits per heavy atom. The Morgan fingerprint density at radius 2 is 1.45 bits per heavy atom. The van der Waals surface area contributed by atoms with Gasteiger partial charge in [0.05, 0.1) is 0 Å². The van der Waals surface area contributed by atoms with Gasteiger partial charge in [0.1, 0.15) is 11.5 Å². The van der Waals surface area contributed by atoms with Crippen molar-refractivity contribution < 1.29 is 10.2 Å². The minimum atomic E-state index is 0.106. The lowest BCUT2D eigenvalue weighted by molar-refractivity contribution is 0.475. The summed E-state index contributed by atoms with van der Waals surface area (Å²) < 4.78 is 0. The molecular formula is C18H20O2. The SMILES string of the molecule is CC(C)(C)c1ccc(C(O)=Cc2ccc(O)cc2)cc1. The first-order valence-corrected chi connectivity index (χ1v) is 6.67. The molecule has 0 radical (unpaired) electrons. The van der Waals surface area contributed by atoms with Crippen LogP contribution in [0.1, 0.15) is 37.5 Å². The fraction of sp³-hybridized carbons (Fsp3) is 0.222. The fourth-order valence-corrected chi connectivity index (χ4v) is 1.95. The van der Waals surface area contributed by atoms with E-state index in [0.717, 1.165) is 11.1 Å². The maximum Gasteiger partial charge on any atom is 0.123 e. The molecule has 20 heavy (non-hydrogen) atoms. The Morgan fingerprint density at radius 1 is 0.900 bits per heavy atom. The highest BCUT2D eigenvalue weighted by atomic mass is 16.3. The van der Waals surface area contributed by atoms with E-state index in [9.17, 15) is 10.2 Å². The summed E-state index contributed by atoms with van der Waals surface area (Å²) in [4.78, 5) is 0. The summed E-state index contributed by atoms with van der Waals surface area (Å²) in [6, 6.07) is 14.6. The quantitative estimate of drug-likeness (QED) is 0.609. The van der Waals surface area contributed by atoms with Crippen molar-refractivity contribution in [3.05, 3.63) is 65.2 Å². The number of hydrogen-bond donors (Lipinski definition) is 2. The molecule has 0 amide bonds. The first kappa shape index (κ1) is 14.2. The Bertz CT molecular complexity index is 599. The summed E-state index contributed by atoms with van der Waals surface area (Å²) in [6.07, 6.45) is 1.69. The average molecular weight is 268 g/mol. The van der Waals surface area contributed by atoms with Crippen LogP contribution in [-0.4, -0.2) is 10.2 Å². The lowest BCUT2D eigenvalue weighted by Gasteiger charge is -2.19. The molecule has 2 aromatic rings. The lowest BCUT2D eigenvalue weighted by Crippen LogP contribution is -2.10. The van der Waals surface area contributed by atoms with Crippen molar-refractivity contribution >= 4 is 11.8 Å². The normalized spacial score (nSPS) is 12.4. The van der Waals surface area contributed by atoms with Crippen molar-refractivity contribution in [3.8, 4) is 5.75 Å². The predicted octanol–water partition coefficient (Wildman–Crippen LogP) is 4.75. The Hall–Kier alpha value is -2.22. The van der Waals surface area contributed by atoms with Crippen LogP contribution in [0.5, 0.6) is 5.75 Å². The number of phenolic OH excluding ortho intramolecular Hbond substituents is 1. The number of hydrogen-bond acceptors (Lipinski definition) is 2. The minimum Gasteiger partial charge on any atom is -0.508 e. The molecule has 2 rings (SSSR count). The molecule has 0 saturated heterocycles. The molecule has 0 unspecified atom stereocenters. The van der Waals surface area contributed by atoms with Crippen molar-refractivity contribution in [1.82, 2.24) is 0 Å². The Labute approximate surface area is 120 Å². The molecule has 0 bridgehead atoms. The van der Waals surface area contributed by atoms with Gasteiger partial charge in [0.2, 0.25) is 0 Å². The van der Waals surface area contributed by atoms with Crippen LogP contribution in [0.2, 0.25) is 0 Å². The maximum absolute atomic E-state index is 10.1. The summed E-state index contributed by atoms with van der Waals surface area (Å²) >= 11 is 0. The van der Waals surface area contributed by atoms with E-state index in [4.69, 9.17) is 0 Å². The molecule has 0 aromatic heterocycles. The molecule has 0 aliphatic carbocycles. The van der Waals surface area contributed by atoms with Gasteiger partial charge in [0.25, 0.3) is 0 Å². The second-order valence-corrected chi connectivity index (χ2v) is 5.95. The number of benzene rings is 2. The van der Waals surface area contributed by atoms with E-state index in [0.29, 0.717) is 0 Å². The van der Waals surface area contributed by atoms with Crippen LogP contribution in [0.4, 0.5) is 0 Å². The highest BCUT2D eigenvalue weighted by Crippen LogP contribution is 2.24. The van der Waals surface area contributed by atoms with Gasteiger partial charge in [-0.2, -0.15) is 0 Å². The average Bonchev–Trinajstić information content (AvgIpc) is 2.40. The second kappa shape index (κ2) is 5.41. The topological polar surface area (TPSA) is 40.5 Å². The van der Waals surface area contributed by atoms with Crippen molar-refractivity contribution in [2.45, 2.75) is 26.2 Å². The van der Waals surface area contributed by atoms with Gasteiger partial charge in [0.15, 0.2) is 0 Å². The summed E-state index contributed by atoms with van der Waals surface area (Å²) in [5, 5.41) is 19.4. The molecule has 0 atom stereocenters. The second-order valence-electron chi connectivity index (χ2n) is 5.95. The molecule has 0 fully saturated rings. The first-order chi connectivity index (χ1) is 9.36. The molecule has 0 saturated carbocycles. The van der Waals surface area contributed by atoms with Gasteiger partial charge in [-0.3, -0.25) is 0 Å². The molecule has 2 N–H and O–H groups in total. The largest absolute Gasteiger partial charge is 0.508 e. The van der Waals surface area contributed by atoms with Crippen molar-refractivity contribution in [2.75, 3.05) is 0 Å². The van der Waals surface area contributed by atoms with Crippen molar-refractivity contribution in [3.63, 3.8) is 0 Å². The maximum atomic E-state index is 10.1. The predicted molar refractivity (Wildman–Crippen MR) is 83.7 cm³/mol. The van der Waals surface area contributed by atoms with Gasteiger partial charge in [-0.25, -0.2) is 0 Å². The number of aromatic hydroxyl groups is 1. The van der Waals surface area contributed by atoms with Gasteiger partial charge < -0.3 is 10.2 Å². The van der Waals surface area contributed by atoms with Crippen molar-refractivity contribution in [2.24, 2.45) is 0 Å². The van der Waals surface area contributed by atoms with Crippen LogP contribution in [0, 0.1) is 0 Å². The van der Waals surface area contributed by atoms with Gasteiger partial charge >= 0.3 is 0 Å². The van der Waals surface area contributed by atoms with Crippen LogP contribution in [0.3, 0.4) is 0 Å². The van der Waals surface area contributed by atoms with E-state index in [1.165, 1.54) is 5.56 Å². The molecule has 2 aromatic carbocycles. The van der Waals surface area contributed by atoms with E-state index in [2.05, 4.69) is 20.8 Å². The molecular weight excluding hydrogens is 248 g/mol. The number of aliphatic hydroxyl groups excluding tert-OH is 1. The van der Waals surface area contributed by atoms with Gasteiger partial charge in [-0.05, 0) is 34.8 Å². The Balaban J connectivity index is 2.25. The molecule has 0 aliphatic heterocycles. The van der Waals surface area contributed by atoms with Gasteiger partial charge in [-0.1, -0.05) is 57.2 Å². The number of phenols is 1. The third-order valence-corrected chi connectivity index (χ3v) is 3.24. The molecule has 104 valence electrons. The number of rotatable bonds is 2. The van der Waals surface area contributed by atoms with Crippen LogP contribution < -0.4 is 0 Å². The summed E-state index contributed by atoms with van der Waals surface area (Å²) in [7, 11) is 0. The van der Waals surface area contributed by atoms with Crippen LogP contribution in [0.15, 0.2) is 48.5 Å². The van der Waals surface area contributed by atoms with E-state index < -0.39 is 0 Å². The van der Waals surface area contributed by atoms with Crippen LogP contribution in [-0.2, 0) is 5.41 Å². The molecule has 2 nitrogen and oxygen atoms in total. The highest BCUT2D eigenvalue weighted by Gasteiger charge is 2.13. The third kappa shape index (κ3) is 3.41. The van der Waals surface area contributed by atoms with Crippen molar-refractivity contribution in [1.29, 1.82) is 0 Å². The summed E-state index contributed by atoms with van der Waals surface area (Å²) in [5.74, 6) is 0.437. The molecule has 0 heterocycles. The zero-order valence-electron chi connectivity index (χ0n) is 12.1. The zero-order valence-corrected chi connectivity index (χ0v) is 12.1. The first-order valence-electron chi connectivity index (χ1n) is 6.67. The minimum absolute atomic E-state index is 0.106. The summed E-state index contributed by atoms with van der Waals surface area (Å²) in [5.41, 5.74) is 2.97. The monoisotopic (exact) mass is 268 g/mol. The fourth-order valence-electron chi connectivity index (χ4n) is 1.95. The Kier molecular flexibility index (Phi) is 3.84. The standard InChI is InChI=1S/C18H20O2/c1-18(2,3)15-8-6-14(7-9-15)17(20)12-13-4-10-16(19)11-5-13/h4-12,19-20H,1-3H3. The molecule has 2 heteroatoms. The van der Waals surface area contributed by atoms with E-state index >= 15 is 0 Å². The molecule has 0 aliphatic rings. The smallest absolute Gasteiger partial charge is 0.123 e. The lowest BCUT2D eigenvalue weighted by atomic mass is 9.86.